The van der Waals surface area contributed by atoms with Crippen molar-refractivity contribution in [3.05, 3.63) is 0 Å². The van der Waals surface area contributed by atoms with Crippen LogP contribution in [-0.2, 0) is 4.79 Å². The second-order valence-electron chi connectivity index (χ2n) is 7.09. The first-order chi connectivity index (χ1) is 12.2. The molecule has 0 saturated heterocycles. The van der Waals surface area contributed by atoms with E-state index in [1.165, 1.54) is 70.6 Å². The Labute approximate surface area is 159 Å². The van der Waals surface area contributed by atoms with Crippen molar-refractivity contribution in [1.82, 2.24) is 5.32 Å². The van der Waals surface area contributed by atoms with Crippen LogP contribution in [0.2, 0.25) is 0 Å². The highest BCUT2D eigenvalue weighted by atomic mass is 35.5. The molecule has 0 fully saturated rings. The number of carbonyl (C=O) groups excluding carboxylic acids is 1. The number of aliphatic hydroxyl groups excluding tert-OH is 2. The Balaban J connectivity index is 3.40. The van der Waals surface area contributed by atoms with Gasteiger partial charge in [0.15, 0.2) is 0 Å². The van der Waals surface area contributed by atoms with E-state index in [4.69, 9.17) is 11.6 Å². The van der Waals surface area contributed by atoms with Crippen LogP contribution in [0.15, 0.2) is 0 Å². The first-order valence-electron chi connectivity index (χ1n) is 10.3. The number of nitrogens with one attached hydrogen (secondary N) is 1. The molecule has 1 amide bonds. The summed E-state index contributed by atoms with van der Waals surface area (Å²) < 4.78 is 0. The molecule has 0 radical (unpaired) electrons. The summed E-state index contributed by atoms with van der Waals surface area (Å²) in [4.78, 5) is 11.2. The van der Waals surface area contributed by atoms with Gasteiger partial charge in [-0.3, -0.25) is 4.79 Å². The fourth-order valence-electron chi connectivity index (χ4n) is 3.08. The summed E-state index contributed by atoms with van der Waals surface area (Å²) in [6.45, 7) is 1.99. The summed E-state index contributed by atoms with van der Waals surface area (Å²) in [5.41, 5.74) is 0. The zero-order chi connectivity index (χ0) is 18.8. The molecule has 0 heterocycles. The molecule has 3 N–H and O–H groups in total. The van der Waals surface area contributed by atoms with Crippen molar-refractivity contribution in [2.75, 3.05) is 12.5 Å². The molecule has 0 aromatic carbocycles. The molecule has 25 heavy (non-hydrogen) atoms. The Hall–Kier alpha value is -0.320. The van der Waals surface area contributed by atoms with Crippen molar-refractivity contribution < 1.29 is 15.0 Å². The summed E-state index contributed by atoms with van der Waals surface area (Å²) in [7, 11) is 0. The topological polar surface area (TPSA) is 69.6 Å². The number of aliphatic hydroxyl groups is 2. The highest BCUT2D eigenvalue weighted by Gasteiger charge is 2.19. The van der Waals surface area contributed by atoms with Crippen LogP contribution in [0, 0.1) is 0 Å². The molecular weight excluding hydrogens is 338 g/mol. The van der Waals surface area contributed by atoms with E-state index in [0.717, 1.165) is 12.8 Å². The van der Waals surface area contributed by atoms with Gasteiger partial charge >= 0.3 is 0 Å². The quantitative estimate of drug-likeness (QED) is 0.242. The highest BCUT2D eigenvalue weighted by molar-refractivity contribution is 6.27. The minimum absolute atomic E-state index is 0.151. The van der Waals surface area contributed by atoms with Crippen LogP contribution >= 0.6 is 11.6 Å². The molecule has 2 atom stereocenters. The number of alkyl halides is 1. The largest absolute Gasteiger partial charge is 0.394 e. The molecule has 150 valence electrons. The van der Waals surface area contributed by atoms with Gasteiger partial charge in [0.05, 0.1) is 18.8 Å². The predicted molar refractivity (Wildman–Crippen MR) is 106 cm³/mol. The number of carbonyl (C=O) groups is 1. The lowest BCUT2D eigenvalue weighted by atomic mass is 10.0. The molecule has 0 aliphatic rings. The second kappa shape index (κ2) is 18.5. The van der Waals surface area contributed by atoms with E-state index in [-0.39, 0.29) is 18.4 Å². The van der Waals surface area contributed by atoms with Gasteiger partial charge in [-0.05, 0) is 6.42 Å². The summed E-state index contributed by atoms with van der Waals surface area (Å²) in [6.07, 6.45) is 16.7. The Bertz CT molecular complexity index is 303. The molecule has 0 aliphatic heterocycles. The van der Waals surface area contributed by atoms with Crippen molar-refractivity contribution in [3.63, 3.8) is 0 Å². The molecule has 0 aromatic rings. The Morgan fingerprint density at radius 1 is 0.880 bits per heavy atom. The van der Waals surface area contributed by atoms with Gasteiger partial charge in [0.1, 0.15) is 5.88 Å². The lowest BCUT2D eigenvalue weighted by Gasteiger charge is -2.21. The zero-order valence-corrected chi connectivity index (χ0v) is 16.9. The first kappa shape index (κ1) is 24.7. The van der Waals surface area contributed by atoms with Crippen LogP contribution in [0.5, 0.6) is 0 Å². The number of halogens is 1. The van der Waals surface area contributed by atoms with Gasteiger partial charge in [-0.1, -0.05) is 90.4 Å². The fraction of sp³-hybridized carbons (Fsp3) is 0.950. The standard InChI is InChI=1S/C20H40ClNO3/c1-2-3-4-5-6-7-8-9-10-11-12-13-14-15-19(24)18(17-23)22-20(25)16-21/h18-19,23-24H,2-17H2,1H3,(H,22,25)/t18-,19+/m0/s1. The summed E-state index contributed by atoms with van der Waals surface area (Å²) >= 11 is 5.42. The van der Waals surface area contributed by atoms with E-state index in [1.807, 2.05) is 0 Å². The van der Waals surface area contributed by atoms with E-state index < -0.39 is 12.1 Å². The van der Waals surface area contributed by atoms with Gasteiger partial charge < -0.3 is 15.5 Å². The summed E-state index contributed by atoms with van der Waals surface area (Å²) in [5.74, 6) is -0.507. The van der Waals surface area contributed by atoms with E-state index in [0.29, 0.717) is 6.42 Å². The van der Waals surface area contributed by atoms with Gasteiger partial charge in [0.2, 0.25) is 5.91 Å². The number of amides is 1. The average molecular weight is 378 g/mol. The summed E-state index contributed by atoms with van der Waals surface area (Å²) in [5, 5.41) is 21.8. The van der Waals surface area contributed by atoms with Crippen LogP contribution in [0.1, 0.15) is 96.8 Å². The maximum absolute atomic E-state index is 11.2. The zero-order valence-electron chi connectivity index (χ0n) is 16.1. The third-order valence-corrected chi connectivity index (χ3v) is 4.98. The number of hydrogen-bond donors (Lipinski definition) is 3. The SMILES string of the molecule is CCCCCCCCCCCCCCC[C@@H](O)[C@H](CO)NC(=O)CCl. The van der Waals surface area contributed by atoms with Crippen LogP contribution in [0.25, 0.3) is 0 Å². The van der Waals surface area contributed by atoms with Crippen LogP contribution in [0.4, 0.5) is 0 Å². The van der Waals surface area contributed by atoms with Gasteiger partial charge in [0.25, 0.3) is 0 Å². The van der Waals surface area contributed by atoms with E-state index in [9.17, 15) is 15.0 Å². The van der Waals surface area contributed by atoms with Crippen molar-refractivity contribution in [2.24, 2.45) is 0 Å². The molecule has 0 spiro atoms. The fourth-order valence-corrected chi connectivity index (χ4v) is 3.16. The molecular formula is C20H40ClNO3. The molecule has 5 heteroatoms. The van der Waals surface area contributed by atoms with E-state index >= 15 is 0 Å². The van der Waals surface area contributed by atoms with Gasteiger partial charge in [-0.25, -0.2) is 0 Å². The Kier molecular flexibility index (Phi) is 18.2. The number of hydrogen-bond acceptors (Lipinski definition) is 3. The summed E-state index contributed by atoms with van der Waals surface area (Å²) in [6, 6.07) is -0.608. The highest BCUT2D eigenvalue weighted by Crippen LogP contribution is 2.14. The molecule has 4 nitrogen and oxygen atoms in total. The van der Waals surface area contributed by atoms with Gasteiger partial charge in [0, 0.05) is 0 Å². The number of rotatable bonds is 18. The predicted octanol–water partition coefficient (Wildman–Crippen LogP) is 4.54. The second-order valence-corrected chi connectivity index (χ2v) is 7.36. The van der Waals surface area contributed by atoms with Crippen molar-refractivity contribution in [2.45, 2.75) is 109 Å². The van der Waals surface area contributed by atoms with Crippen LogP contribution < -0.4 is 5.32 Å². The third-order valence-electron chi connectivity index (χ3n) is 4.73. The molecule has 0 bridgehead atoms. The Morgan fingerprint density at radius 3 is 1.72 bits per heavy atom. The number of unbranched alkanes of at least 4 members (excludes halogenated alkanes) is 12. The lowest BCUT2D eigenvalue weighted by Crippen LogP contribution is -2.46. The smallest absolute Gasteiger partial charge is 0.235 e. The molecule has 0 aromatic heterocycles. The molecule has 0 unspecified atom stereocenters. The minimum Gasteiger partial charge on any atom is -0.394 e. The molecule has 0 rings (SSSR count). The average Bonchev–Trinajstić information content (AvgIpc) is 2.63. The maximum atomic E-state index is 11.2. The van der Waals surface area contributed by atoms with Crippen LogP contribution in [-0.4, -0.2) is 40.8 Å². The maximum Gasteiger partial charge on any atom is 0.235 e. The van der Waals surface area contributed by atoms with Crippen molar-refractivity contribution in [3.8, 4) is 0 Å². The van der Waals surface area contributed by atoms with Crippen molar-refractivity contribution >= 4 is 17.5 Å². The lowest BCUT2D eigenvalue weighted by molar-refractivity contribution is -0.120. The third kappa shape index (κ3) is 15.6. The normalized spacial score (nSPS) is 13.6. The monoisotopic (exact) mass is 377 g/mol. The minimum atomic E-state index is -0.704. The first-order valence-corrected chi connectivity index (χ1v) is 10.8. The molecule has 0 aliphatic carbocycles. The molecule has 0 saturated carbocycles. The van der Waals surface area contributed by atoms with E-state index in [1.54, 1.807) is 0 Å². The van der Waals surface area contributed by atoms with Gasteiger partial charge in [-0.2, -0.15) is 0 Å². The van der Waals surface area contributed by atoms with Crippen LogP contribution in [0.3, 0.4) is 0 Å². The Morgan fingerprint density at radius 2 is 1.32 bits per heavy atom. The van der Waals surface area contributed by atoms with Gasteiger partial charge in [-0.15, -0.1) is 11.6 Å². The van der Waals surface area contributed by atoms with Crippen molar-refractivity contribution in [1.29, 1.82) is 0 Å². The van der Waals surface area contributed by atoms with E-state index in [2.05, 4.69) is 12.2 Å².